The Kier molecular flexibility index (Phi) is 2.48. The van der Waals surface area contributed by atoms with Gasteiger partial charge in [-0.05, 0) is 46.9 Å². The molecule has 0 atom stereocenters. The molecule has 2 nitrogen and oxygen atoms in total. The van der Waals surface area contributed by atoms with Crippen molar-refractivity contribution in [3.63, 3.8) is 0 Å². The highest BCUT2D eigenvalue weighted by atomic mass is 32.1. The number of aryl methyl sites for hydroxylation is 2. The molecule has 0 saturated carbocycles. The maximum absolute atomic E-state index is 9.79. The van der Waals surface area contributed by atoms with Crippen LogP contribution in [0.3, 0.4) is 0 Å². The van der Waals surface area contributed by atoms with Crippen LogP contribution in [-0.2, 0) is 12.8 Å². The lowest BCUT2D eigenvalue weighted by molar-refractivity contribution is 0.426. The van der Waals surface area contributed by atoms with Gasteiger partial charge in [0.05, 0.1) is 0 Å². The molecule has 0 amide bonds. The maximum atomic E-state index is 9.79. The highest BCUT2D eigenvalue weighted by Gasteiger charge is 2.22. The predicted octanol–water partition coefficient (Wildman–Crippen LogP) is 2.99. The third kappa shape index (κ3) is 1.57. The fraction of sp³-hybridized carbons (Fsp3) is 0.111. The minimum atomic E-state index is -1.44. The molecule has 22 heavy (non-hydrogen) atoms. The second-order valence-electron chi connectivity index (χ2n) is 5.98. The molecule has 0 radical (unpaired) electrons. The van der Waals surface area contributed by atoms with Gasteiger partial charge in [-0.15, -0.1) is 11.3 Å². The molecule has 1 aromatic heterocycles. The van der Waals surface area contributed by atoms with E-state index in [1.807, 2.05) is 24.3 Å². The molecule has 0 bridgehead atoms. The van der Waals surface area contributed by atoms with E-state index in [2.05, 4.69) is 18.2 Å². The first-order valence-electron chi connectivity index (χ1n) is 7.48. The Morgan fingerprint density at radius 1 is 0.909 bits per heavy atom. The van der Waals surface area contributed by atoms with Gasteiger partial charge in [-0.3, -0.25) is 0 Å². The standard InChI is InChI=1S/C18H13BO2S/c20-19(21)15-8-12-3-1-2-4-13(12)17-14-7-10-5-6-11(10)9-16(14)22-18(15)17/h1-4,7-9,20-21H,5-6H2. The SMILES string of the molecule is OB(O)c1cc2ccccc2c2c1sc1cc3c(cc12)CC3. The summed E-state index contributed by atoms with van der Waals surface area (Å²) in [5.74, 6) is 0. The van der Waals surface area contributed by atoms with E-state index in [-0.39, 0.29) is 0 Å². The number of hydrogen-bond donors (Lipinski definition) is 2. The summed E-state index contributed by atoms with van der Waals surface area (Å²) in [5.41, 5.74) is 3.48. The average molecular weight is 304 g/mol. The molecule has 0 aliphatic heterocycles. The molecule has 0 unspecified atom stereocenters. The summed E-state index contributed by atoms with van der Waals surface area (Å²) in [4.78, 5) is 0. The van der Waals surface area contributed by atoms with E-state index >= 15 is 0 Å². The summed E-state index contributed by atoms with van der Waals surface area (Å²) >= 11 is 1.67. The quantitative estimate of drug-likeness (QED) is 0.531. The van der Waals surface area contributed by atoms with Gasteiger partial charge in [0.1, 0.15) is 0 Å². The summed E-state index contributed by atoms with van der Waals surface area (Å²) in [5, 5.41) is 24.2. The van der Waals surface area contributed by atoms with E-state index in [0.717, 1.165) is 28.3 Å². The Hall–Kier alpha value is -1.88. The van der Waals surface area contributed by atoms with E-state index in [4.69, 9.17) is 0 Å². The molecule has 106 valence electrons. The second-order valence-corrected chi connectivity index (χ2v) is 7.04. The van der Waals surface area contributed by atoms with Crippen molar-refractivity contribution in [1.29, 1.82) is 0 Å². The molecule has 0 fully saturated rings. The molecule has 1 heterocycles. The van der Waals surface area contributed by atoms with Crippen LogP contribution in [0, 0.1) is 0 Å². The van der Waals surface area contributed by atoms with E-state index in [0.29, 0.717) is 5.46 Å². The third-order valence-corrected chi connectivity index (χ3v) is 5.96. The van der Waals surface area contributed by atoms with Crippen molar-refractivity contribution in [2.45, 2.75) is 12.8 Å². The Balaban J connectivity index is 2.06. The zero-order valence-electron chi connectivity index (χ0n) is 11.8. The van der Waals surface area contributed by atoms with Crippen LogP contribution in [0.1, 0.15) is 11.1 Å². The number of benzene rings is 3. The maximum Gasteiger partial charge on any atom is 0.489 e. The van der Waals surface area contributed by atoms with Gasteiger partial charge in [-0.2, -0.15) is 0 Å². The number of rotatable bonds is 1. The van der Waals surface area contributed by atoms with E-state index in [1.165, 1.54) is 26.6 Å². The van der Waals surface area contributed by atoms with E-state index in [1.54, 1.807) is 11.3 Å². The predicted molar refractivity (Wildman–Crippen MR) is 94.1 cm³/mol. The van der Waals surface area contributed by atoms with Crippen molar-refractivity contribution in [2.24, 2.45) is 0 Å². The first kappa shape index (κ1) is 12.6. The molecular weight excluding hydrogens is 291 g/mol. The molecule has 4 aromatic rings. The Bertz CT molecular complexity index is 1070. The molecular formula is C18H13BO2S. The third-order valence-electron chi connectivity index (χ3n) is 4.76. The Morgan fingerprint density at radius 3 is 2.45 bits per heavy atom. The van der Waals surface area contributed by atoms with Crippen LogP contribution in [0.15, 0.2) is 42.5 Å². The van der Waals surface area contributed by atoms with Crippen molar-refractivity contribution in [3.05, 3.63) is 53.6 Å². The van der Waals surface area contributed by atoms with Gasteiger partial charge in [-0.1, -0.05) is 30.3 Å². The first-order chi connectivity index (χ1) is 10.7. The lowest BCUT2D eigenvalue weighted by atomic mass is 9.78. The van der Waals surface area contributed by atoms with Gasteiger partial charge in [0.15, 0.2) is 0 Å². The highest BCUT2D eigenvalue weighted by Crippen LogP contribution is 2.40. The number of hydrogen-bond acceptors (Lipinski definition) is 3. The summed E-state index contributed by atoms with van der Waals surface area (Å²) in [7, 11) is -1.44. The van der Waals surface area contributed by atoms with Crippen molar-refractivity contribution >= 4 is 54.9 Å². The van der Waals surface area contributed by atoms with Gasteiger partial charge < -0.3 is 10.0 Å². The minimum Gasteiger partial charge on any atom is -0.423 e. The Labute approximate surface area is 131 Å². The van der Waals surface area contributed by atoms with Crippen LogP contribution in [0.4, 0.5) is 0 Å². The van der Waals surface area contributed by atoms with E-state index in [9.17, 15) is 10.0 Å². The summed E-state index contributed by atoms with van der Waals surface area (Å²) in [6.45, 7) is 0. The molecule has 1 aliphatic rings. The topological polar surface area (TPSA) is 40.5 Å². The summed E-state index contributed by atoms with van der Waals surface area (Å²) < 4.78 is 2.24. The van der Waals surface area contributed by atoms with Crippen LogP contribution < -0.4 is 5.46 Å². The van der Waals surface area contributed by atoms with Crippen LogP contribution in [-0.4, -0.2) is 17.2 Å². The lowest BCUT2D eigenvalue weighted by Crippen LogP contribution is -2.29. The molecule has 5 rings (SSSR count). The zero-order chi connectivity index (χ0) is 14.8. The van der Waals surface area contributed by atoms with Crippen LogP contribution >= 0.6 is 11.3 Å². The fourth-order valence-electron chi connectivity index (χ4n) is 3.53. The zero-order valence-corrected chi connectivity index (χ0v) is 12.7. The lowest BCUT2D eigenvalue weighted by Gasteiger charge is -2.18. The molecule has 4 heteroatoms. The minimum absolute atomic E-state index is 0.609. The monoisotopic (exact) mass is 304 g/mol. The van der Waals surface area contributed by atoms with Crippen molar-refractivity contribution in [1.82, 2.24) is 0 Å². The highest BCUT2D eigenvalue weighted by molar-refractivity contribution is 7.27. The molecule has 0 saturated heterocycles. The first-order valence-corrected chi connectivity index (χ1v) is 8.30. The van der Waals surface area contributed by atoms with Gasteiger partial charge in [0.25, 0.3) is 0 Å². The summed E-state index contributed by atoms with van der Waals surface area (Å²) in [6, 6.07) is 14.7. The smallest absolute Gasteiger partial charge is 0.423 e. The van der Waals surface area contributed by atoms with Gasteiger partial charge in [0, 0.05) is 25.6 Å². The van der Waals surface area contributed by atoms with E-state index < -0.39 is 7.12 Å². The largest absolute Gasteiger partial charge is 0.489 e. The normalized spacial score (nSPS) is 13.5. The fourth-order valence-corrected chi connectivity index (χ4v) is 4.83. The van der Waals surface area contributed by atoms with Crippen molar-refractivity contribution in [2.75, 3.05) is 0 Å². The molecule has 2 N–H and O–H groups in total. The number of fused-ring (bicyclic) bond motifs is 6. The van der Waals surface area contributed by atoms with Crippen LogP contribution in [0.2, 0.25) is 0 Å². The second kappa shape index (κ2) is 4.32. The van der Waals surface area contributed by atoms with Gasteiger partial charge in [-0.25, -0.2) is 0 Å². The molecule has 3 aromatic carbocycles. The van der Waals surface area contributed by atoms with Crippen molar-refractivity contribution < 1.29 is 10.0 Å². The molecule has 1 aliphatic carbocycles. The number of thiophene rings is 1. The van der Waals surface area contributed by atoms with Crippen LogP contribution in [0.25, 0.3) is 30.9 Å². The van der Waals surface area contributed by atoms with Gasteiger partial charge in [0.2, 0.25) is 0 Å². The summed E-state index contributed by atoms with van der Waals surface area (Å²) in [6.07, 6.45) is 2.32. The van der Waals surface area contributed by atoms with Gasteiger partial charge >= 0.3 is 7.12 Å². The Morgan fingerprint density at radius 2 is 1.68 bits per heavy atom. The van der Waals surface area contributed by atoms with Crippen molar-refractivity contribution in [3.8, 4) is 0 Å². The van der Waals surface area contributed by atoms with Crippen LogP contribution in [0.5, 0.6) is 0 Å². The average Bonchev–Trinajstić information content (AvgIpc) is 2.86. The molecule has 0 spiro atoms.